The zero-order chi connectivity index (χ0) is 11.7. The second-order valence-corrected chi connectivity index (χ2v) is 4.52. The molecule has 0 radical (unpaired) electrons. The second kappa shape index (κ2) is 4.29. The van der Waals surface area contributed by atoms with Gasteiger partial charge in [-0.15, -0.1) is 0 Å². The Kier molecular flexibility index (Phi) is 3.01. The molecule has 88 valence electrons. The monoisotopic (exact) mass is 223 g/mol. The van der Waals surface area contributed by atoms with Gasteiger partial charge < -0.3 is 14.8 Å². The number of carboxylic acid groups (broad SMARTS) is 1. The Labute approximate surface area is 94.6 Å². The fraction of sp³-hybridized carbons (Fsp3) is 0.583. The lowest BCUT2D eigenvalue weighted by molar-refractivity contribution is 0.0659. The maximum atomic E-state index is 10.7. The van der Waals surface area contributed by atoms with Crippen molar-refractivity contribution < 1.29 is 14.3 Å². The molecule has 0 saturated heterocycles. The Morgan fingerprint density at radius 3 is 2.69 bits per heavy atom. The summed E-state index contributed by atoms with van der Waals surface area (Å²) in [6, 6.07) is 3.75. The van der Waals surface area contributed by atoms with E-state index in [1.165, 1.54) is 18.9 Å². The summed E-state index contributed by atoms with van der Waals surface area (Å²) in [5, 5.41) is 12.2. The summed E-state index contributed by atoms with van der Waals surface area (Å²) < 4.78 is 5.25. The summed E-state index contributed by atoms with van der Waals surface area (Å²) in [6.07, 6.45) is 2.58. The van der Waals surface area contributed by atoms with Crippen molar-refractivity contribution in [3.05, 3.63) is 23.7 Å². The van der Waals surface area contributed by atoms with E-state index < -0.39 is 5.97 Å². The van der Waals surface area contributed by atoms with Gasteiger partial charge in [0, 0.05) is 6.04 Å². The molecule has 1 aromatic rings. The number of carboxylic acids is 1. The van der Waals surface area contributed by atoms with Crippen LogP contribution in [0.2, 0.25) is 0 Å². The summed E-state index contributed by atoms with van der Waals surface area (Å²) in [5.74, 6) is 0.442. The minimum atomic E-state index is -1.02. The highest BCUT2D eigenvalue weighted by atomic mass is 16.4. The molecular formula is C12H17NO3. The van der Waals surface area contributed by atoms with Crippen LogP contribution in [0.1, 0.15) is 49.0 Å². The standard InChI is InChI=1S/C12H17NO3/c1-7(9-3-4-9)13-8(2)10-5-6-11(16-10)12(14)15/h5-9,13H,3-4H2,1-2H3,(H,14,15). The van der Waals surface area contributed by atoms with Gasteiger partial charge in [0.1, 0.15) is 5.76 Å². The average Bonchev–Trinajstić information content (AvgIpc) is 2.95. The molecule has 2 N–H and O–H groups in total. The Balaban J connectivity index is 1.96. The van der Waals surface area contributed by atoms with Gasteiger partial charge in [-0.25, -0.2) is 4.79 Å². The van der Waals surface area contributed by atoms with Crippen molar-refractivity contribution in [1.82, 2.24) is 5.32 Å². The first kappa shape index (κ1) is 11.2. The van der Waals surface area contributed by atoms with Crippen molar-refractivity contribution in [3.63, 3.8) is 0 Å². The van der Waals surface area contributed by atoms with Crippen molar-refractivity contribution in [2.75, 3.05) is 0 Å². The van der Waals surface area contributed by atoms with Gasteiger partial charge in [0.2, 0.25) is 5.76 Å². The lowest BCUT2D eigenvalue weighted by atomic mass is 10.1. The quantitative estimate of drug-likeness (QED) is 0.804. The molecule has 1 aromatic heterocycles. The van der Waals surface area contributed by atoms with E-state index in [9.17, 15) is 4.79 Å². The predicted octanol–water partition coefficient (Wildman–Crippen LogP) is 2.43. The smallest absolute Gasteiger partial charge is 0.371 e. The fourth-order valence-corrected chi connectivity index (χ4v) is 1.91. The molecule has 0 amide bonds. The van der Waals surface area contributed by atoms with Crippen LogP contribution in [0.5, 0.6) is 0 Å². The van der Waals surface area contributed by atoms with E-state index in [1.807, 2.05) is 6.92 Å². The van der Waals surface area contributed by atoms with E-state index in [0.717, 1.165) is 5.92 Å². The Bertz CT molecular complexity index is 381. The van der Waals surface area contributed by atoms with Gasteiger partial charge in [-0.05, 0) is 44.7 Å². The van der Waals surface area contributed by atoms with Gasteiger partial charge in [-0.3, -0.25) is 0 Å². The molecule has 0 bridgehead atoms. The zero-order valence-corrected chi connectivity index (χ0v) is 9.56. The zero-order valence-electron chi connectivity index (χ0n) is 9.56. The van der Waals surface area contributed by atoms with Crippen molar-refractivity contribution in [2.45, 2.75) is 38.8 Å². The molecule has 1 fully saturated rings. The van der Waals surface area contributed by atoms with Crippen LogP contribution in [-0.2, 0) is 0 Å². The highest BCUT2D eigenvalue weighted by Gasteiger charge is 2.29. The normalized spacial score (nSPS) is 19.4. The van der Waals surface area contributed by atoms with Gasteiger partial charge in [0.25, 0.3) is 0 Å². The second-order valence-electron chi connectivity index (χ2n) is 4.52. The van der Waals surface area contributed by atoms with Crippen LogP contribution < -0.4 is 5.32 Å². The highest BCUT2D eigenvalue weighted by Crippen LogP contribution is 2.33. The third-order valence-corrected chi connectivity index (χ3v) is 3.11. The predicted molar refractivity (Wildman–Crippen MR) is 59.4 cm³/mol. The Morgan fingerprint density at radius 1 is 1.50 bits per heavy atom. The van der Waals surface area contributed by atoms with Gasteiger partial charge >= 0.3 is 5.97 Å². The van der Waals surface area contributed by atoms with Crippen molar-refractivity contribution in [1.29, 1.82) is 0 Å². The molecule has 1 aliphatic carbocycles. The molecular weight excluding hydrogens is 206 g/mol. The maximum Gasteiger partial charge on any atom is 0.371 e. The molecule has 1 aliphatic rings. The molecule has 2 unspecified atom stereocenters. The number of aromatic carboxylic acids is 1. The summed E-state index contributed by atoms with van der Waals surface area (Å²) in [4.78, 5) is 10.7. The van der Waals surface area contributed by atoms with Gasteiger partial charge in [0.15, 0.2) is 0 Å². The number of carbonyl (C=O) groups is 1. The van der Waals surface area contributed by atoms with Crippen molar-refractivity contribution in [2.24, 2.45) is 5.92 Å². The molecule has 1 saturated carbocycles. The SMILES string of the molecule is CC(NC(C)C1CC1)c1ccc(C(=O)O)o1. The lowest BCUT2D eigenvalue weighted by Gasteiger charge is -2.17. The lowest BCUT2D eigenvalue weighted by Crippen LogP contribution is -2.30. The molecule has 4 nitrogen and oxygen atoms in total. The fourth-order valence-electron chi connectivity index (χ4n) is 1.91. The van der Waals surface area contributed by atoms with Crippen LogP contribution >= 0.6 is 0 Å². The van der Waals surface area contributed by atoms with Crippen molar-refractivity contribution >= 4 is 5.97 Å². The Hall–Kier alpha value is -1.29. The van der Waals surface area contributed by atoms with Crippen LogP contribution in [0.15, 0.2) is 16.5 Å². The topological polar surface area (TPSA) is 62.5 Å². The summed E-state index contributed by atoms with van der Waals surface area (Å²) in [7, 11) is 0. The third-order valence-electron chi connectivity index (χ3n) is 3.11. The first-order valence-electron chi connectivity index (χ1n) is 5.67. The van der Waals surface area contributed by atoms with Crippen LogP contribution in [0.25, 0.3) is 0 Å². The molecule has 0 aliphatic heterocycles. The number of hydrogen-bond donors (Lipinski definition) is 2. The van der Waals surface area contributed by atoms with E-state index in [2.05, 4.69) is 12.2 Å². The molecule has 1 heterocycles. The minimum absolute atomic E-state index is 0.00252. The van der Waals surface area contributed by atoms with Crippen LogP contribution in [0, 0.1) is 5.92 Å². The first-order chi connectivity index (χ1) is 7.58. The van der Waals surface area contributed by atoms with E-state index in [-0.39, 0.29) is 11.8 Å². The minimum Gasteiger partial charge on any atom is -0.475 e. The molecule has 2 rings (SSSR count). The molecule has 16 heavy (non-hydrogen) atoms. The van der Waals surface area contributed by atoms with Crippen LogP contribution in [-0.4, -0.2) is 17.1 Å². The van der Waals surface area contributed by atoms with Crippen LogP contribution in [0.4, 0.5) is 0 Å². The molecule has 0 aromatic carbocycles. The largest absolute Gasteiger partial charge is 0.475 e. The Morgan fingerprint density at radius 2 is 2.19 bits per heavy atom. The maximum absolute atomic E-state index is 10.7. The number of furan rings is 1. The van der Waals surface area contributed by atoms with E-state index in [0.29, 0.717) is 11.8 Å². The third kappa shape index (κ3) is 2.44. The average molecular weight is 223 g/mol. The van der Waals surface area contributed by atoms with Crippen molar-refractivity contribution in [3.8, 4) is 0 Å². The summed E-state index contributed by atoms with van der Waals surface area (Å²) in [5.41, 5.74) is 0. The molecule has 4 heteroatoms. The van der Waals surface area contributed by atoms with Gasteiger partial charge in [0.05, 0.1) is 6.04 Å². The molecule has 0 spiro atoms. The van der Waals surface area contributed by atoms with E-state index >= 15 is 0 Å². The number of rotatable bonds is 5. The van der Waals surface area contributed by atoms with E-state index in [4.69, 9.17) is 9.52 Å². The number of nitrogens with one attached hydrogen (secondary N) is 1. The van der Waals surface area contributed by atoms with Gasteiger partial charge in [-0.2, -0.15) is 0 Å². The first-order valence-corrected chi connectivity index (χ1v) is 5.67. The number of hydrogen-bond acceptors (Lipinski definition) is 3. The molecule has 2 atom stereocenters. The van der Waals surface area contributed by atoms with Gasteiger partial charge in [-0.1, -0.05) is 0 Å². The summed E-state index contributed by atoms with van der Waals surface area (Å²) >= 11 is 0. The van der Waals surface area contributed by atoms with E-state index in [1.54, 1.807) is 6.07 Å². The summed E-state index contributed by atoms with van der Waals surface area (Å²) in [6.45, 7) is 4.15. The highest BCUT2D eigenvalue weighted by molar-refractivity contribution is 5.84. The van der Waals surface area contributed by atoms with Crippen LogP contribution in [0.3, 0.4) is 0 Å².